The number of esters is 1. The molecule has 3 nitrogen and oxygen atoms in total. The molecule has 0 saturated heterocycles. The van der Waals surface area contributed by atoms with Gasteiger partial charge in [-0.1, -0.05) is 90.8 Å². The van der Waals surface area contributed by atoms with Crippen molar-refractivity contribution >= 4 is 5.97 Å². The molecule has 0 radical (unpaired) electrons. The number of benzene rings is 2. The van der Waals surface area contributed by atoms with Crippen LogP contribution in [-0.4, -0.2) is 11.1 Å². The zero-order valence-corrected chi connectivity index (χ0v) is 20.4. The first-order valence-electron chi connectivity index (χ1n) is 10.8. The zero-order valence-electron chi connectivity index (χ0n) is 20.4. The van der Waals surface area contributed by atoms with Crippen LogP contribution >= 0.6 is 0 Å². The van der Waals surface area contributed by atoms with E-state index in [-0.39, 0.29) is 22.7 Å². The van der Waals surface area contributed by atoms with Crippen molar-refractivity contribution in [3.63, 3.8) is 0 Å². The number of rotatable bonds is 4. The Bertz CT molecular complexity index is 938. The summed E-state index contributed by atoms with van der Waals surface area (Å²) in [6.45, 7) is 20.5. The van der Waals surface area contributed by atoms with Crippen LogP contribution in [0.5, 0.6) is 11.5 Å². The van der Waals surface area contributed by atoms with E-state index in [1.165, 1.54) is 0 Å². The number of hydrogen-bond donors (Lipinski definition) is 1. The Kier molecular flexibility index (Phi) is 6.76. The fourth-order valence-electron chi connectivity index (χ4n) is 3.64. The Morgan fingerprint density at radius 2 is 1.33 bits per heavy atom. The molecule has 2 rings (SSSR count). The molecule has 0 aliphatic carbocycles. The van der Waals surface area contributed by atoms with Gasteiger partial charge in [-0.2, -0.15) is 0 Å². The lowest BCUT2D eigenvalue weighted by Gasteiger charge is -2.26. The summed E-state index contributed by atoms with van der Waals surface area (Å²) < 4.78 is 5.94. The van der Waals surface area contributed by atoms with Gasteiger partial charge in [0.1, 0.15) is 11.5 Å². The Hall–Kier alpha value is -2.29. The van der Waals surface area contributed by atoms with E-state index in [0.717, 1.165) is 33.4 Å². The Morgan fingerprint density at radius 3 is 1.80 bits per heavy atom. The van der Waals surface area contributed by atoms with E-state index in [9.17, 15) is 9.90 Å². The molecule has 0 heterocycles. The average Bonchev–Trinajstić information content (AvgIpc) is 2.57. The minimum Gasteiger partial charge on any atom is -0.507 e. The monoisotopic (exact) mass is 410 g/mol. The van der Waals surface area contributed by atoms with E-state index in [4.69, 9.17) is 4.74 Å². The van der Waals surface area contributed by atoms with Gasteiger partial charge in [0.25, 0.3) is 0 Å². The second-order valence-corrected chi connectivity index (χ2v) is 10.9. The predicted molar refractivity (Wildman–Crippen MR) is 125 cm³/mol. The van der Waals surface area contributed by atoms with Crippen molar-refractivity contribution in [3.05, 3.63) is 57.6 Å². The highest BCUT2D eigenvalue weighted by Crippen LogP contribution is 2.40. The Balaban J connectivity index is 2.69. The van der Waals surface area contributed by atoms with Crippen LogP contribution in [0.2, 0.25) is 0 Å². The highest BCUT2D eigenvalue weighted by Gasteiger charge is 2.26. The molecule has 2 aromatic rings. The summed E-state index contributed by atoms with van der Waals surface area (Å²) in [6.07, 6.45) is 0.502. The molecule has 0 saturated carbocycles. The molecule has 2 aromatic carbocycles. The maximum absolute atomic E-state index is 12.5. The number of carbonyl (C=O) groups is 1. The molecule has 0 bridgehead atoms. The van der Waals surface area contributed by atoms with Gasteiger partial charge in [-0.25, -0.2) is 0 Å². The molecule has 0 amide bonds. The fraction of sp³-hybridized carbons (Fsp3) is 0.519. The molecule has 0 atom stereocenters. The second kappa shape index (κ2) is 8.45. The summed E-state index contributed by atoms with van der Waals surface area (Å²) in [7, 11) is 0. The smallest absolute Gasteiger partial charge is 0.313 e. The van der Waals surface area contributed by atoms with Crippen molar-refractivity contribution < 1.29 is 14.6 Å². The van der Waals surface area contributed by atoms with Crippen molar-refractivity contribution in [3.8, 4) is 11.5 Å². The number of aryl methyl sites for hydroxylation is 2. The van der Waals surface area contributed by atoms with Crippen LogP contribution < -0.4 is 4.74 Å². The third-order valence-electron chi connectivity index (χ3n) is 5.31. The molecule has 3 heteroatoms. The summed E-state index contributed by atoms with van der Waals surface area (Å²) in [6, 6.07) is 8.24. The van der Waals surface area contributed by atoms with Crippen LogP contribution in [0, 0.1) is 19.8 Å². The highest BCUT2D eigenvalue weighted by molar-refractivity contribution is 5.75. The minimum atomic E-state index is -0.241. The average molecular weight is 411 g/mol. The predicted octanol–water partition coefficient (Wildman–Crippen LogP) is 6.76. The number of aromatic hydroxyl groups is 1. The third kappa shape index (κ3) is 5.44. The van der Waals surface area contributed by atoms with E-state index in [1.54, 1.807) is 0 Å². The van der Waals surface area contributed by atoms with E-state index < -0.39 is 0 Å². The van der Waals surface area contributed by atoms with Crippen LogP contribution in [0.1, 0.15) is 88.8 Å². The molecule has 0 aliphatic rings. The van der Waals surface area contributed by atoms with E-state index in [1.807, 2.05) is 19.9 Å². The van der Waals surface area contributed by atoms with Crippen LogP contribution in [0.3, 0.4) is 0 Å². The number of hydrogen-bond acceptors (Lipinski definition) is 3. The summed E-state index contributed by atoms with van der Waals surface area (Å²) >= 11 is 0. The lowest BCUT2D eigenvalue weighted by atomic mass is 9.81. The first-order chi connectivity index (χ1) is 13.6. The van der Waals surface area contributed by atoms with Gasteiger partial charge in [0.15, 0.2) is 0 Å². The number of carbonyl (C=O) groups excluding carboxylic acids is 1. The van der Waals surface area contributed by atoms with Crippen LogP contribution in [-0.2, 0) is 22.0 Å². The van der Waals surface area contributed by atoms with Gasteiger partial charge in [-0.05, 0) is 41.4 Å². The standard InChI is InChI=1S/C27H38O3/c1-16(2)25(29)30-24-20(12-18(4)14-22(24)27(8,9)10)15-19-11-17(3)13-21(23(19)28)26(5,6)7/h11-14,16,28H,15H2,1-10H3. The summed E-state index contributed by atoms with van der Waals surface area (Å²) in [5, 5.41) is 11.1. The number of ether oxygens (including phenoxy) is 1. The van der Waals surface area contributed by atoms with Crippen molar-refractivity contribution in [1.82, 2.24) is 0 Å². The Morgan fingerprint density at radius 1 is 0.867 bits per heavy atom. The van der Waals surface area contributed by atoms with Gasteiger partial charge in [0.05, 0.1) is 5.92 Å². The molecule has 0 aliphatic heterocycles. The maximum atomic E-state index is 12.5. The lowest BCUT2D eigenvalue weighted by Crippen LogP contribution is -2.21. The second-order valence-electron chi connectivity index (χ2n) is 10.9. The molecule has 0 unspecified atom stereocenters. The molecular weight excluding hydrogens is 372 g/mol. The minimum absolute atomic E-state index is 0.166. The van der Waals surface area contributed by atoms with E-state index >= 15 is 0 Å². The van der Waals surface area contributed by atoms with Crippen molar-refractivity contribution in [2.24, 2.45) is 5.92 Å². The summed E-state index contributed by atoms with van der Waals surface area (Å²) in [5.41, 5.74) is 5.60. The molecule has 1 N–H and O–H groups in total. The molecule has 30 heavy (non-hydrogen) atoms. The molecule has 164 valence electrons. The number of phenolic OH excluding ortho intramolecular Hbond substituents is 1. The van der Waals surface area contributed by atoms with Gasteiger partial charge in [-0.3, -0.25) is 4.79 Å². The van der Waals surface area contributed by atoms with E-state index in [2.05, 4.69) is 73.6 Å². The first kappa shape index (κ1) is 24.0. The summed E-state index contributed by atoms with van der Waals surface area (Å²) in [5.74, 6) is 0.499. The summed E-state index contributed by atoms with van der Waals surface area (Å²) in [4.78, 5) is 12.5. The van der Waals surface area contributed by atoms with E-state index in [0.29, 0.717) is 17.9 Å². The molecular formula is C27H38O3. The molecule has 0 spiro atoms. The fourth-order valence-corrected chi connectivity index (χ4v) is 3.64. The van der Waals surface area contributed by atoms with Gasteiger partial charge >= 0.3 is 5.97 Å². The van der Waals surface area contributed by atoms with Crippen molar-refractivity contribution in [2.45, 2.75) is 86.5 Å². The molecule has 0 aromatic heterocycles. The van der Waals surface area contributed by atoms with Crippen molar-refractivity contribution in [2.75, 3.05) is 0 Å². The largest absolute Gasteiger partial charge is 0.507 e. The maximum Gasteiger partial charge on any atom is 0.313 e. The van der Waals surface area contributed by atoms with Gasteiger partial charge in [0, 0.05) is 12.0 Å². The highest BCUT2D eigenvalue weighted by atomic mass is 16.5. The quantitative estimate of drug-likeness (QED) is 0.447. The number of phenols is 1. The Labute approximate surface area is 182 Å². The normalized spacial score (nSPS) is 12.4. The van der Waals surface area contributed by atoms with Gasteiger partial charge < -0.3 is 9.84 Å². The van der Waals surface area contributed by atoms with Crippen LogP contribution in [0.15, 0.2) is 24.3 Å². The molecule has 0 fully saturated rings. The van der Waals surface area contributed by atoms with Gasteiger partial charge in [-0.15, -0.1) is 0 Å². The van der Waals surface area contributed by atoms with Crippen molar-refractivity contribution in [1.29, 1.82) is 0 Å². The first-order valence-corrected chi connectivity index (χ1v) is 10.8. The van der Waals surface area contributed by atoms with Crippen LogP contribution in [0.4, 0.5) is 0 Å². The lowest BCUT2D eigenvalue weighted by molar-refractivity contribution is -0.137. The van der Waals surface area contributed by atoms with Crippen LogP contribution in [0.25, 0.3) is 0 Å². The zero-order chi connectivity index (χ0) is 23.0. The third-order valence-corrected chi connectivity index (χ3v) is 5.31. The van der Waals surface area contributed by atoms with Gasteiger partial charge in [0.2, 0.25) is 0 Å². The SMILES string of the molecule is Cc1cc(Cc2cc(C)cc(C(C)(C)C)c2OC(=O)C(C)C)c(O)c(C(C)(C)C)c1. The topological polar surface area (TPSA) is 46.5 Å².